The zero-order chi connectivity index (χ0) is 14.7. The number of hydrogen-bond donors (Lipinski definition) is 0. The van der Waals surface area contributed by atoms with E-state index < -0.39 is 0 Å². The van der Waals surface area contributed by atoms with Crippen molar-refractivity contribution in [2.45, 2.75) is 31.8 Å². The molecule has 114 valence electrons. The lowest BCUT2D eigenvalue weighted by atomic mass is 9.99. The molecule has 2 fully saturated rings. The van der Waals surface area contributed by atoms with Crippen LogP contribution in [-0.4, -0.2) is 60.1 Å². The first-order valence-corrected chi connectivity index (χ1v) is 7.76. The second-order valence-electron chi connectivity index (χ2n) is 5.95. The Labute approximate surface area is 125 Å². The highest BCUT2D eigenvalue weighted by Crippen LogP contribution is 2.21. The number of pyridine rings is 1. The second kappa shape index (κ2) is 6.54. The lowest BCUT2D eigenvalue weighted by molar-refractivity contribution is 0.0451. The summed E-state index contributed by atoms with van der Waals surface area (Å²) in [7, 11) is 1.39. The van der Waals surface area contributed by atoms with Crippen LogP contribution in [0, 0.1) is 0 Å². The maximum Gasteiger partial charge on any atom is 0.339 e. The molecule has 3 heterocycles. The minimum Gasteiger partial charge on any atom is -0.465 e. The van der Waals surface area contributed by atoms with Crippen molar-refractivity contribution in [2.75, 3.05) is 33.3 Å². The van der Waals surface area contributed by atoms with Crippen LogP contribution in [0.4, 0.5) is 0 Å². The van der Waals surface area contributed by atoms with Crippen LogP contribution < -0.4 is 0 Å². The summed E-state index contributed by atoms with van der Waals surface area (Å²) in [6.07, 6.45) is 5.65. The van der Waals surface area contributed by atoms with Crippen LogP contribution in [0.2, 0.25) is 0 Å². The van der Waals surface area contributed by atoms with Crippen LogP contribution >= 0.6 is 0 Å². The van der Waals surface area contributed by atoms with E-state index in [4.69, 9.17) is 4.74 Å². The molecular formula is C16H23N3O2. The maximum atomic E-state index is 11.4. The minimum absolute atomic E-state index is 0.329. The molecule has 1 aromatic heterocycles. The highest BCUT2D eigenvalue weighted by molar-refractivity contribution is 5.88. The van der Waals surface area contributed by atoms with Crippen molar-refractivity contribution < 1.29 is 9.53 Å². The quantitative estimate of drug-likeness (QED) is 0.790. The van der Waals surface area contributed by atoms with Crippen LogP contribution in [-0.2, 0) is 11.3 Å². The fourth-order valence-corrected chi connectivity index (χ4v) is 3.35. The van der Waals surface area contributed by atoms with Crippen LogP contribution in [0.15, 0.2) is 18.3 Å². The van der Waals surface area contributed by atoms with Gasteiger partial charge in [0, 0.05) is 38.4 Å². The molecule has 0 spiro atoms. The van der Waals surface area contributed by atoms with Gasteiger partial charge in [-0.2, -0.15) is 0 Å². The Morgan fingerprint density at radius 3 is 3.00 bits per heavy atom. The molecule has 0 N–H and O–H groups in total. The Balaban J connectivity index is 1.58. The average Bonchev–Trinajstić information content (AvgIpc) is 2.55. The number of hydrogen-bond acceptors (Lipinski definition) is 5. The van der Waals surface area contributed by atoms with Gasteiger partial charge in [0.2, 0.25) is 0 Å². The number of fused-ring (bicyclic) bond motifs is 1. The van der Waals surface area contributed by atoms with E-state index >= 15 is 0 Å². The number of piperazine rings is 1. The first kappa shape index (κ1) is 14.5. The number of piperidine rings is 1. The number of aromatic nitrogens is 1. The normalized spacial score (nSPS) is 23.6. The van der Waals surface area contributed by atoms with Crippen molar-refractivity contribution in [2.24, 2.45) is 0 Å². The summed E-state index contributed by atoms with van der Waals surface area (Å²) in [6.45, 7) is 5.55. The van der Waals surface area contributed by atoms with Gasteiger partial charge in [-0.15, -0.1) is 0 Å². The van der Waals surface area contributed by atoms with Gasteiger partial charge in [-0.05, 0) is 31.5 Å². The maximum absolute atomic E-state index is 11.4. The third kappa shape index (κ3) is 3.41. The SMILES string of the molecule is COC(=O)c1ccc(CN2CCN3CCCCC3C2)nc1. The summed E-state index contributed by atoms with van der Waals surface area (Å²) in [4.78, 5) is 20.9. The lowest BCUT2D eigenvalue weighted by Gasteiger charge is -2.44. The van der Waals surface area contributed by atoms with Gasteiger partial charge in [0.15, 0.2) is 0 Å². The largest absolute Gasteiger partial charge is 0.465 e. The van der Waals surface area contributed by atoms with Gasteiger partial charge < -0.3 is 4.74 Å². The topological polar surface area (TPSA) is 45.7 Å². The monoisotopic (exact) mass is 289 g/mol. The molecule has 5 heteroatoms. The molecular weight excluding hydrogens is 266 g/mol. The van der Waals surface area contributed by atoms with Gasteiger partial charge in [0.05, 0.1) is 18.4 Å². The predicted octanol–water partition coefficient (Wildman–Crippen LogP) is 1.54. The van der Waals surface area contributed by atoms with Gasteiger partial charge in [-0.3, -0.25) is 14.8 Å². The van der Waals surface area contributed by atoms with E-state index in [1.807, 2.05) is 6.07 Å². The highest BCUT2D eigenvalue weighted by Gasteiger charge is 2.28. The lowest BCUT2D eigenvalue weighted by Crippen LogP contribution is -2.54. The van der Waals surface area contributed by atoms with Crippen LogP contribution in [0.3, 0.4) is 0 Å². The highest BCUT2D eigenvalue weighted by atomic mass is 16.5. The minimum atomic E-state index is -0.329. The summed E-state index contributed by atoms with van der Waals surface area (Å²) in [5, 5.41) is 0. The van der Waals surface area contributed by atoms with E-state index in [1.54, 1.807) is 12.3 Å². The molecule has 2 aliphatic heterocycles. The molecule has 0 radical (unpaired) electrons. The molecule has 0 saturated carbocycles. The first-order valence-electron chi connectivity index (χ1n) is 7.76. The molecule has 0 aliphatic carbocycles. The van der Waals surface area contributed by atoms with Crippen LogP contribution in [0.25, 0.3) is 0 Å². The molecule has 1 unspecified atom stereocenters. The van der Waals surface area contributed by atoms with Crippen molar-refractivity contribution in [1.29, 1.82) is 0 Å². The molecule has 0 bridgehead atoms. The summed E-state index contributed by atoms with van der Waals surface area (Å²) >= 11 is 0. The number of carbonyl (C=O) groups is 1. The Hall–Kier alpha value is -1.46. The second-order valence-corrected chi connectivity index (χ2v) is 5.95. The molecule has 1 aromatic rings. The fraction of sp³-hybridized carbons (Fsp3) is 0.625. The van der Waals surface area contributed by atoms with Crippen molar-refractivity contribution in [3.63, 3.8) is 0 Å². The van der Waals surface area contributed by atoms with Crippen molar-refractivity contribution in [3.8, 4) is 0 Å². The summed E-state index contributed by atoms with van der Waals surface area (Å²) in [5.41, 5.74) is 1.53. The van der Waals surface area contributed by atoms with Gasteiger partial charge in [-0.1, -0.05) is 6.42 Å². The Bertz CT molecular complexity index is 489. The van der Waals surface area contributed by atoms with Gasteiger partial charge in [0.25, 0.3) is 0 Å². The predicted molar refractivity (Wildman–Crippen MR) is 80.1 cm³/mol. The smallest absolute Gasteiger partial charge is 0.339 e. The average molecular weight is 289 g/mol. The van der Waals surface area contributed by atoms with Gasteiger partial charge in [0.1, 0.15) is 0 Å². The molecule has 0 aromatic carbocycles. The molecule has 3 rings (SSSR count). The van der Waals surface area contributed by atoms with Crippen molar-refractivity contribution in [3.05, 3.63) is 29.6 Å². The molecule has 1 atom stereocenters. The zero-order valence-corrected chi connectivity index (χ0v) is 12.6. The summed E-state index contributed by atoms with van der Waals surface area (Å²) in [6, 6.07) is 4.45. The third-order valence-corrected chi connectivity index (χ3v) is 4.55. The number of ether oxygens (including phenoxy) is 1. The van der Waals surface area contributed by atoms with Crippen LogP contribution in [0.1, 0.15) is 35.3 Å². The number of nitrogens with zero attached hydrogens (tertiary/aromatic N) is 3. The third-order valence-electron chi connectivity index (χ3n) is 4.55. The Morgan fingerprint density at radius 2 is 2.24 bits per heavy atom. The molecule has 21 heavy (non-hydrogen) atoms. The van der Waals surface area contributed by atoms with Gasteiger partial charge >= 0.3 is 5.97 Å². The standard InChI is InChI=1S/C16H23N3O2/c1-21-16(20)13-5-6-14(17-10-13)11-18-8-9-19-7-3-2-4-15(19)12-18/h5-6,10,15H,2-4,7-9,11-12H2,1H3. The zero-order valence-electron chi connectivity index (χ0n) is 12.6. The van der Waals surface area contributed by atoms with E-state index in [9.17, 15) is 4.79 Å². The first-order chi connectivity index (χ1) is 10.3. The van der Waals surface area contributed by atoms with Crippen LogP contribution in [0.5, 0.6) is 0 Å². The van der Waals surface area contributed by atoms with E-state index in [2.05, 4.69) is 14.8 Å². The fourth-order valence-electron chi connectivity index (χ4n) is 3.35. The molecule has 2 saturated heterocycles. The van der Waals surface area contributed by atoms with Gasteiger partial charge in [-0.25, -0.2) is 4.79 Å². The molecule has 5 nitrogen and oxygen atoms in total. The van der Waals surface area contributed by atoms with Crippen molar-refractivity contribution in [1.82, 2.24) is 14.8 Å². The summed E-state index contributed by atoms with van der Waals surface area (Å²) < 4.78 is 4.69. The Morgan fingerprint density at radius 1 is 1.33 bits per heavy atom. The summed E-state index contributed by atoms with van der Waals surface area (Å²) in [5.74, 6) is -0.329. The molecule has 0 amide bonds. The van der Waals surface area contributed by atoms with Crippen molar-refractivity contribution >= 4 is 5.97 Å². The number of carbonyl (C=O) groups excluding carboxylic acids is 1. The number of methoxy groups -OCH3 is 1. The van der Waals surface area contributed by atoms with E-state index in [0.717, 1.165) is 31.4 Å². The van der Waals surface area contributed by atoms with E-state index in [1.165, 1.54) is 39.5 Å². The van der Waals surface area contributed by atoms with E-state index in [0.29, 0.717) is 5.56 Å². The van der Waals surface area contributed by atoms with E-state index in [-0.39, 0.29) is 5.97 Å². The number of rotatable bonds is 3. The number of esters is 1. The Kier molecular flexibility index (Phi) is 4.51. The molecule has 2 aliphatic rings.